The summed E-state index contributed by atoms with van der Waals surface area (Å²) in [6, 6.07) is 10.1. The Labute approximate surface area is 251 Å². The average Bonchev–Trinajstić information content (AvgIpc) is 3.54. The standard InChI is InChI=1S/C27H28Cl4N4O3S/c1-38-25-15-39-14-22(25)26(36)33-20-5-7-35(13-20)6-4-17(16-2-3-23(30)24(31)8-16)12-32-27(37)34-21-10-18(28)9-19(29)11-21/h2-3,8-11,14-15,17,20H,4-7,12-13H2,1H3,(H,33,36)(H2,32,34,37). The van der Waals surface area contributed by atoms with Crippen molar-refractivity contribution in [2.45, 2.75) is 24.8 Å². The van der Waals surface area contributed by atoms with Crippen LogP contribution in [0.25, 0.3) is 0 Å². The highest BCUT2D eigenvalue weighted by atomic mass is 35.5. The molecule has 1 aromatic heterocycles. The highest BCUT2D eigenvalue weighted by molar-refractivity contribution is 7.08. The molecule has 1 fully saturated rings. The van der Waals surface area contributed by atoms with E-state index in [1.54, 1.807) is 36.8 Å². The van der Waals surface area contributed by atoms with E-state index in [0.29, 0.717) is 43.6 Å². The van der Waals surface area contributed by atoms with E-state index in [1.165, 1.54) is 11.3 Å². The maximum absolute atomic E-state index is 12.7. The summed E-state index contributed by atoms with van der Waals surface area (Å²) in [5, 5.41) is 14.2. The molecule has 39 heavy (non-hydrogen) atoms. The number of rotatable bonds is 10. The molecule has 4 rings (SSSR count). The molecule has 2 heterocycles. The zero-order valence-electron chi connectivity index (χ0n) is 21.1. The highest BCUT2D eigenvalue weighted by Gasteiger charge is 2.26. The molecule has 1 aliphatic heterocycles. The molecule has 0 bridgehead atoms. The molecule has 0 spiro atoms. The van der Waals surface area contributed by atoms with Crippen molar-refractivity contribution in [2.24, 2.45) is 0 Å². The first kappa shape index (κ1) is 29.8. The number of nitrogens with zero attached hydrogens (tertiary/aromatic N) is 1. The summed E-state index contributed by atoms with van der Waals surface area (Å²) in [6.07, 6.45) is 1.62. The smallest absolute Gasteiger partial charge is 0.319 e. The normalized spacial score (nSPS) is 16.1. The molecule has 1 aliphatic rings. The lowest BCUT2D eigenvalue weighted by atomic mass is 9.95. The number of urea groups is 1. The Morgan fingerprint density at radius 1 is 1.08 bits per heavy atom. The SMILES string of the molecule is COc1cscc1C(=O)NC1CCN(CCC(CNC(=O)Nc2cc(Cl)cc(Cl)c2)c2ccc(Cl)c(Cl)c2)C1. The molecule has 1 saturated heterocycles. The van der Waals surface area contributed by atoms with Crippen LogP contribution in [0.2, 0.25) is 20.1 Å². The fourth-order valence-electron chi connectivity index (χ4n) is 4.53. The van der Waals surface area contributed by atoms with Gasteiger partial charge in [0.25, 0.3) is 5.91 Å². The number of halogens is 4. The van der Waals surface area contributed by atoms with Gasteiger partial charge in [0.15, 0.2) is 0 Å². The van der Waals surface area contributed by atoms with Gasteiger partial charge >= 0.3 is 6.03 Å². The third-order valence-corrected chi connectivity index (χ3v) is 8.43. The van der Waals surface area contributed by atoms with Gasteiger partial charge in [0.1, 0.15) is 5.75 Å². The van der Waals surface area contributed by atoms with E-state index in [9.17, 15) is 9.59 Å². The number of likely N-dealkylation sites (tertiary alicyclic amines) is 1. The minimum absolute atomic E-state index is 0.0165. The summed E-state index contributed by atoms with van der Waals surface area (Å²) in [5.41, 5.74) is 2.04. The van der Waals surface area contributed by atoms with Crippen LogP contribution in [0.4, 0.5) is 10.5 Å². The first-order valence-corrected chi connectivity index (χ1v) is 14.8. The molecule has 12 heteroatoms. The van der Waals surface area contributed by atoms with Gasteiger partial charge in [-0.2, -0.15) is 0 Å². The second-order valence-corrected chi connectivity index (χ2v) is 11.7. The van der Waals surface area contributed by atoms with Crippen molar-refractivity contribution >= 4 is 75.4 Å². The molecule has 0 saturated carbocycles. The number of amides is 3. The van der Waals surface area contributed by atoms with Crippen LogP contribution in [0.3, 0.4) is 0 Å². The molecule has 208 valence electrons. The first-order valence-electron chi connectivity index (χ1n) is 12.3. The number of ether oxygens (including phenoxy) is 1. The molecule has 3 aromatic rings. The van der Waals surface area contributed by atoms with Gasteiger partial charge < -0.3 is 25.6 Å². The molecule has 2 unspecified atom stereocenters. The Morgan fingerprint density at radius 3 is 2.56 bits per heavy atom. The van der Waals surface area contributed by atoms with Gasteiger partial charge in [-0.25, -0.2) is 4.79 Å². The van der Waals surface area contributed by atoms with E-state index in [1.807, 2.05) is 17.5 Å². The summed E-state index contributed by atoms with van der Waals surface area (Å²) in [4.78, 5) is 27.6. The number of thiophene rings is 1. The topological polar surface area (TPSA) is 82.7 Å². The Hall–Kier alpha value is -2.20. The summed E-state index contributed by atoms with van der Waals surface area (Å²) < 4.78 is 5.27. The molecule has 3 N–H and O–H groups in total. The van der Waals surface area contributed by atoms with E-state index < -0.39 is 0 Å². The molecule has 2 atom stereocenters. The van der Waals surface area contributed by atoms with Gasteiger partial charge in [0, 0.05) is 58.1 Å². The van der Waals surface area contributed by atoms with E-state index >= 15 is 0 Å². The minimum Gasteiger partial charge on any atom is -0.495 e. The second-order valence-electron chi connectivity index (χ2n) is 9.27. The highest BCUT2D eigenvalue weighted by Crippen LogP contribution is 2.29. The zero-order chi connectivity index (χ0) is 27.9. The predicted octanol–water partition coefficient (Wildman–Crippen LogP) is 7.17. The van der Waals surface area contributed by atoms with Crippen LogP contribution < -0.4 is 20.7 Å². The molecular weight excluding hydrogens is 602 g/mol. The number of hydrogen-bond acceptors (Lipinski definition) is 5. The van der Waals surface area contributed by atoms with Crippen molar-refractivity contribution in [1.29, 1.82) is 0 Å². The number of benzene rings is 2. The molecule has 2 aromatic carbocycles. The first-order chi connectivity index (χ1) is 18.7. The predicted molar refractivity (Wildman–Crippen MR) is 160 cm³/mol. The number of anilines is 1. The van der Waals surface area contributed by atoms with Crippen LogP contribution >= 0.6 is 57.7 Å². The third kappa shape index (κ3) is 8.39. The fourth-order valence-corrected chi connectivity index (χ4v) is 6.14. The largest absolute Gasteiger partial charge is 0.495 e. The molecule has 0 radical (unpaired) electrons. The zero-order valence-corrected chi connectivity index (χ0v) is 24.9. The number of carbonyl (C=O) groups excluding carboxylic acids is 2. The van der Waals surface area contributed by atoms with Crippen molar-refractivity contribution in [2.75, 3.05) is 38.6 Å². The van der Waals surface area contributed by atoms with Crippen LogP contribution in [-0.4, -0.2) is 56.2 Å². The molecule has 0 aliphatic carbocycles. The monoisotopic (exact) mass is 628 g/mol. The van der Waals surface area contributed by atoms with E-state index in [0.717, 1.165) is 38.0 Å². The van der Waals surface area contributed by atoms with Gasteiger partial charge in [0.05, 0.1) is 22.7 Å². The van der Waals surface area contributed by atoms with Gasteiger partial charge in [-0.05, 0) is 55.3 Å². The minimum atomic E-state index is -0.369. The summed E-state index contributed by atoms with van der Waals surface area (Å²) in [5.74, 6) is 0.453. The van der Waals surface area contributed by atoms with Gasteiger partial charge in [0.2, 0.25) is 0 Å². The number of nitrogens with one attached hydrogen (secondary N) is 3. The number of methoxy groups -OCH3 is 1. The summed E-state index contributed by atoms with van der Waals surface area (Å²) >= 11 is 26.0. The van der Waals surface area contributed by atoms with Crippen molar-refractivity contribution in [3.8, 4) is 5.75 Å². The van der Waals surface area contributed by atoms with Crippen molar-refractivity contribution < 1.29 is 14.3 Å². The van der Waals surface area contributed by atoms with Gasteiger partial charge in [-0.15, -0.1) is 11.3 Å². The van der Waals surface area contributed by atoms with Gasteiger partial charge in [-0.3, -0.25) is 4.79 Å². The maximum atomic E-state index is 12.7. The lowest BCUT2D eigenvalue weighted by molar-refractivity contribution is 0.0935. The second kappa shape index (κ2) is 13.9. The number of carbonyl (C=O) groups is 2. The number of hydrogen-bond donors (Lipinski definition) is 3. The van der Waals surface area contributed by atoms with Gasteiger partial charge in [-0.1, -0.05) is 52.5 Å². The van der Waals surface area contributed by atoms with Crippen molar-refractivity contribution in [3.63, 3.8) is 0 Å². The van der Waals surface area contributed by atoms with Crippen molar-refractivity contribution in [3.05, 3.63) is 78.4 Å². The van der Waals surface area contributed by atoms with Crippen LogP contribution in [0.15, 0.2) is 47.2 Å². The maximum Gasteiger partial charge on any atom is 0.319 e. The Balaban J connectivity index is 1.34. The summed E-state index contributed by atoms with van der Waals surface area (Å²) in [7, 11) is 1.56. The lowest BCUT2D eigenvalue weighted by Crippen LogP contribution is -2.37. The average molecular weight is 630 g/mol. The Morgan fingerprint density at radius 2 is 1.85 bits per heavy atom. The van der Waals surface area contributed by atoms with E-state index in [-0.39, 0.29) is 23.9 Å². The van der Waals surface area contributed by atoms with Crippen LogP contribution in [0.1, 0.15) is 34.7 Å². The molecule has 7 nitrogen and oxygen atoms in total. The Kier molecular flexibility index (Phi) is 10.6. The molecular formula is C27H28Cl4N4O3S. The van der Waals surface area contributed by atoms with E-state index in [2.05, 4.69) is 20.9 Å². The third-order valence-electron chi connectivity index (χ3n) is 6.54. The van der Waals surface area contributed by atoms with Crippen LogP contribution in [0, 0.1) is 0 Å². The van der Waals surface area contributed by atoms with Crippen LogP contribution in [-0.2, 0) is 0 Å². The quantitative estimate of drug-likeness (QED) is 0.222. The van der Waals surface area contributed by atoms with E-state index in [4.69, 9.17) is 51.1 Å². The lowest BCUT2D eigenvalue weighted by Gasteiger charge is -2.23. The fraction of sp³-hybridized carbons (Fsp3) is 0.333. The summed E-state index contributed by atoms with van der Waals surface area (Å²) in [6.45, 7) is 2.77. The van der Waals surface area contributed by atoms with Crippen LogP contribution in [0.5, 0.6) is 5.75 Å². The van der Waals surface area contributed by atoms with Crippen molar-refractivity contribution in [1.82, 2.24) is 15.5 Å². The molecule has 3 amide bonds. The Bertz CT molecular complexity index is 1300.